The summed E-state index contributed by atoms with van der Waals surface area (Å²) in [4.78, 5) is 2.45. The van der Waals surface area contributed by atoms with Crippen LogP contribution in [-0.4, -0.2) is 29.6 Å². The number of phenols is 1. The Kier molecular flexibility index (Phi) is 5.67. The Hall–Kier alpha value is -1.06. The van der Waals surface area contributed by atoms with Crippen molar-refractivity contribution in [3.8, 4) is 5.75 Å². The number of aromatic hydroxyl groups is 1. The Morgan fingerprint density at radius 2 is 1.68 bits per heavy atom. The molecule has 0 aromatic heterocycles. The number of benzene rings is 1. The van der Waals surface area contributed by atoms with Crippen LogP contribution in [-0.2, 0) is 6.54 Å². The lowest BCUT2D eigenvalue weighted by Gasteiger charge is -2.22. The molecule has 0 radical (unpaired) electrons. The van der Waals surface area contributed by atoms with E-state index in [-0.39, 0.29) is 0 Å². The molecule has 1 saturated heterocycles. The third-order valence-corrected chi connectivity index (χ3v) is 4.10. The molecule has 3 nitrogen and oxygen atoms in total. The fourth-order valence-electron chi connectivity index (χ4n) is 2.53. The van der Waals surface area contributed by atoms with E-state index in [9.17, 15) is 0 Å². The number of hydrogen-bond donors (Lipinski definition) is 2. The number of rotatable bonds is 3. The molecule has 3 heteroatoms. The molecule has 19 heavy (non-hydrogen) atoms. The van der Waals surface area contributed by atoms with Gasteiger partial charge in [0.25, 0.3) is 0 Å². The Bertz CT molecular complexity index is 351. The summed E-state index contributed by atoms with van der Waals surface area (Å²) in [6.07, 6.45) is 6.85. The average Bonchev–Trinajstić information content (AvgIpc) is 2.84. The SMILES string of the molecule is NCC1CCC1.Oc1ccc(CN2CCCC2)cc1. The van der Waals surface area contributed by atoms with Crippen molar-refractivity contribution < 1.29 is 5.11 Å². The van der Waals surface area contributed by atoms with E-state index in [1.807, 2.05) is 12.1 Å². The van der Waals surface area contributed by atoms with Gasteiger partial charge in [-0.25, -0.2) is 0 Å². The number of nitrogens with zero attached hydrogens (tertiary/aromatic N) is 1. The van der Waals surface area contributed by atoms with E-state index < -0.39 is 0 Å². The molecule has 3 rings (SSSR count). The van der Waals surface area contributed by atoms with Crippen LogP contribution >= 0.6 is 0 Å². The third-order valence-electron chi connectivity index (χ3n) is 4.10. The van der Waals surface area contributed by atoms with Crippen LogP contribution in [0.3, 0.4) is 0 Å². The summed E-state index contributed by atoms with van der Waals surface area (Å²) in [6.45, 7) is 4.39. The molecule has 0 amide bonds. The molecule has 0 atom stereocenters. The third kappa shape index (κ3) is 4.84. The number of likely N-dealkylation sites (tertiary alicyclic amines) is 1. The van der Waals surface area contributed by atoms with Crippen LogP contribution in [0.25, 0.3) is 0 Å². The van der Waals surface area contributed by atoms with E-state index in [0.29, 0.717) is 5.75 Å². The van der Waals surface area contributed by atoms with E-state index in [1.54, 1.807) is 12.1 Å². The van der Waals surface area contributed by atoms with Crippen molar-refractivity contribution in [2.24, 2.45) is 11.7 Å². The van der Waals surface area contributed by atoms with Gasteiger partial charge in [-0.3, -0.25) is 4.90 Å². The summed E-state index contributed by atoms with van der Waals surface area (Å²) in [6, 6.07) is 7.50. The zero-order valence-electron chi connectivity index (χ0n) is 11.7. The van der Waals surface area contributed by atoms with E-state index >= 15 is 0 Å². The highest BCUT2D eigenvalue weighted by molar-refractivity contribution is 5.25. The summed E-state index contributed by atoms with van der Waals surface area (Å²) in [5.41, 5.74) is 6.63. The molecule has 1 aliphatic carbocycles. The minimum atomic E-state index is 0.352. The van der Waals surface area contributed by atoms with Crippen LogP contribution in [0.2, 0.25) is 0 Å². The fourth-order valence-corrected chi connectivity index (χ4v) is 2.53. The average molecular weight is 262 g/mol. The van der Waals surface area contributed by atoms with Gasteiger partial charge in [-0.2, -0.15) is 0 Å². The quantitative estimate of drug-likeness (QED) is 0.880. The first-order valence-electron chi connectivity index (χ1n) is 7.48. The maximum Gasteiger partial charge on any atom is 0.115 e. The lowest BCUT2D eigenvalue weighted by Crippen LogP contribution is -2.20. The normalized spacial score (nSPS) is 19.6. The molecule has 0 bridgehead atoms. The van der Waals surface area contributed by atoms with E-state index in [0.717, 1.165) is 19.0 Å². The zero-order valence-corrected chi connectivity index (χ0v) is 11.7. The van der Waals surface area contributed by atoms with E-state index in [2.05, 4.69) is 4.90 Å². The molecular formula is C16H26N2O. The zero-order chi connectivity index (χ0) is 13.5. The highest BCUT2D eigenvalue weighted by Gasteiger charge is 2.13. The maximum atomic E-state index is 9.10. The van der Waals surface area contributed by atoms with Crippen molar-refractivity contribution in [2.45, 2.75) is 38.6 Å². The summed E-state index contributed by atoms with van der Waals surface area (Å²) < 4.78 is 0. The highest BCUT2D eigenvalue weighted by atomic mass is 16.3. The van der Waals surface area contributed by atoms with E-state index in [4.69, 9.17) is 10.8 Å². The molecule has 3 N–H and O–H groups in total. The van der Waals surface area contributed by atoms with Gasteiger partial charge in [0.15, 0.2) is 0 Å². The van der Waals surface area contributed by atoms with Gasteiger partial charge in [-0.15, -0.1) is 0 Å². The Labute approximate surface area is 116 Å². The largest absolute Gasteiger partial charge is 0.508 e. The molecule has 1 aromatic rings. The topological polar surface area (TPSA) is 49.5 Å². The fraction of sp³-hybridized carbons (Fsp3) is 0.625. The number of phenolic OH excluding ortho intramolecular Hbond substituents is 1. The van der Waals surface area contributed by atoms with Crippen molar-refractivity contribution in [3.05, 3.63) is 29.8 Å². The molecule has 1 aliphatic heterocycles. The molecule has 106 valence electrons. The molecular weight excluding hydrogens is 236 g/mol. The molecule has 1 saturated carbocycles. The lowest BCUT2D eigenvalue weighted by atomic mass is 9.86. The van der Waals surface area contributed by atoms with Crippen LogP contribution in [0.15, 0.2) is 24.3 Å². The first kappa shape index (κ1) is 14.4. The van der Waals surface area contributed by atoms with Crippen molar-refractivity contribution in [1.82, 2.24) is 4.90 Å². The summed E-state index contributed by atoms with van der Waals surface area (Å²) in [5, 5.41) is 9.10. The lowest BCUT2D eigenvalue weighted by molar-refractivity contribution is 0.325. The monoisotopic (exact) mass is 262 g/mol. The van der Waals surface area contributed by atoms with Gasteiger partial charge < -0.3 is 10.8 Å². The predicted octanol–water partition coefficient (Wildman–Crippen LogP) is 2.73. The number of nitrogens with two attached hydrogens (primary N) is 1. The van der Waals surface area contributed by atoms with Crippen LogP contribution in [0.1, 0.15) is 37.7 Å². The first-order chi connectivity index (χ1) is 9.28. The molecule has 2 aliphatic rings. The summed E-state index contributed by atoms with van der Waals surface area (Å²) in [7, 11) is 0. The standard InChI is InChI=1S/C11H15NO.C5H11N/c13-11-5-3-10(4-6-11)9-12-7-1-2-8-12;6-4-5-2-1-3-5/h3-6,13H,1-2,7-9H2;5H,1-4,6H2. The van der Waals surface area contributed by atoms with Gasteiger partial charge in [-0.05, 0) is 68.9 Å². The van der Waals surface area contributed by atoms with Crippen LogP contribution in [0.5, 0.6) is 5.75 Å². The van der Waals surface area contributed by atoms with Crippen LogP contribution in [0.4, 0.5) is 0 Å². The van der Waals surface area contributed by atoms with Gasteiger partial charge in [0.05, 0.1) is 0 Å². The molecule has 0 spiro atoms. The van der Waals surface area contributed by atoms with Crippen molar-refractivity contribution in [2.75, 3.05) is 19.6 Å². The second-order valence-corrected chi connectivity index (χ2v) is 5.68. The van der Waals surface area contributed by atoms with Crippen molar-refractivity contribution >= 4 is 0 Å². The summed E-state index contributed by atoms with van der Waals surface area (Å²) >= 11 is 0. The van der Waals surface area contributed by atoms with E-state index in [1.165, 1.54) is 50.8 Å². The van der Waals surface area contributed by atoms with Gasteiger partial charge in [0.2, 0.25) is 0 Å². The molecule has 0 unspecified atom stereocenters. The highest BCUT2D eigenvalue weighted by Crippen LogP contribution is 2.24. The molecule has 2 fully saturated rings. The Balaban J connectivity index is 0.000000186. The molecule has 1 heterocycles. The van der Waals surface area contributed by atoms with Gasteiger partial charge in [-0.1, -0.05) is 18.6 Å². The predicted molar refractivity (Wildman–Crippen MR) is 79.0 cm³/mol. The van der Waals surface area contributed by atoms with Crippen molar-refractivity contribution in [3.63, 3.8) is 0 Å². The Morgan fingerprint density at radius 1 is 1.05 bits per heavy atom. The maximum absolute atomic E-state index is 9.10. The Morgan fingerprint density at radius 3 is 2.11 bits per heavy atom. The van der Waals surface area contributed by atoms with Crippen LogP contribution < -0.4 is 5.73 Å². The van der Waals surface area contributed by atoms with Gasteiger partial charge >= 0.3 is 0 Å². The molecule has 1 aromatic carbocycles. The van der Waals surface area contributed by atoms with Gasteiger partial charge in [0.1, 0.15) is 5.75 Å². The smallest absolute Gasteiger partial charge is 0.115 e. The second kappa shape index (κ2) is 7.51. The first-order valence-corrected chi connectivity index (χ1v) is 7.48. The summed E-state index contributed by atoms with van der Waals surface area (Å²) in [5.74, 6) is 1.25. The minimum Gasteiger partial charge on any atom is -0.508 e. The second-order valence-electron chi connectivity index (χ2n) is 5.68. The minimum absolute atomic E-state index is 0.352. The van der Waals surface area contributed by atoms with Crippen molar-refractivity contribution in [1.29, 1.82) is 0 Å². The number of hydrogen-bond acceptors (Lipinski definition) is 3. The van der Waals surface area contributed by atoms with Gasteiger partial charge in [0, 0.05) is 6.54 Å². The van der Waals surface area contributed by atoms with Crippen LogP contribution in [0, 0.1) is 5.92 Å².